The van der Waals surface area contributed by atoms with Gasteiger partial charge in [-0.3, -0.25) is 0 Å². The zero-order chi connectivity index (χ0) is 12.9. The van der Waals surface area contributed by atoms with Crippen molar-refractivity contribution in [3.8, 4) is 0 Å². The molecule has 4 nitrogen and oxygen atoms in total. The van der Waals surface area contributed by atoms with Crippen molar-refractivity contribution in [3.63, 3.8) is 0 Å². The molecule has 102 valence electrons. The molecule has 1 saturated heterocycles. The van der Waals surface area contributed by atoms with Crippen LogP contribution >= 0.6 is 0 Å². The Hall–Kier alpha value is -0.130. The van der Waals surface area contributed by atoms with Crippen molar-refractivity contribution in [2.45, 2.75) is 46.1 Å². The lowest BCUT2D eigenvalue weighted by Crippen LogP contribution is -2.45. The normalized spacial score (nSPS) is 20.0. The van der Waals surface area contributed by atoms with Crippen molar-refractivity contribution in [2.24, 2.45) is 5.92 Å². The average Bonchev–Trinajstić information content (AvgIpc) is 2.28. The highest BCUT2D eigenvalue weighted by Crippen LogP contribution is 2.16. The Bertz CT molecular complexity index is 306. The molecule has 0 unspecified atom stereocenters. The molecule has 0 aromatic rings. The summed E-state index contributed by atoms with van der Waals surface area (Å²) in [6.07, 6.45) is 2.64. The third-order valence-corrected chi connectivity index (χ3v) is 5.20. The molecule has 0 spiro atoms. The monoisotopic (exact) mass is 262 g/mol. The first-order chi connectivity index (χ1) is 7.95. The van der Waals surface area contributed by atoms with Gasteiger partial charge in [0.2, 0.25) is 10.0 Å². The number of rotatable bonds is 6. The minimum absolute atomic E-state index is 0.302. The van der Waals surface area contributed by atoms with Gasteiger partial charge in [0.25, 0.3) is 0 Å². The molecule has 1 N–H and O–H groups in total. The molecule has 0 aromatic heterocycles. The first-order valence-corrected chi connectivity index (χ1v) is 8.27. The van der Waals surface area contributed by atoms with Crippen molar-refractivity contribution in [3.05, 3.63) is 0 Å². The predicted molar refractivity (Wildman–Crippen MR) is 71.5 cm³/mol. The van der Waals surface area contributed by atoms with Gasteiger partial charge >= 0.3 is 0 Å². The molecule has 0 radical (unpaired) electrons. The van der Waals surface area contributed by atoms with Gasteiger partial charge in [0, 0.05) is 19.1 Å². The van der Waals surface area contributed by atoms with Crippen LogP contribution in [0.1, 0.15) is 40.0 Å². The topological polar surface area (TPSA) is 49.4 Å². The summed E-state index contributed by atoms with van der Waals surface area (Å²) in [5, 5.41) is 3.39. The van der Waals surface area contributed by atoms with Gasteiger partial charge in [-0.1, -0.05) is 20.8 Å². The van der Waals surface area contributed by atoms with Gasteiger partial charge < -0.3 is 5.32 Å². The van der Waals surface area contributed by atoms with Crippen LogP contribution in [-0.4, -0.2) is 44.2 Å². The first kappa shape index (κ1) is 14.9. The number of sulfonamides is 1. The van der Waals surface area contributed by atoms with Crippen LogP contribution in [0.2, 0.25) is 0 Å². The maximum Gasteiger partial charge on any atom is 0.214 e. The Morgan fingerprint density at radius 1 is 1.29 bits per heavy atom. The van der Waals surface area contributed by atoms with E-state index in [1.165, 1.54) is 0 Å². The SMILES string of the molecule is CCNC1CCN(S(=O)(=O)CCC(C)C)CC1. The van der Waals surface area contributed by atoms with Gasteiger partial charge in [-0.2, -0.15) is 0 Å². The highest BCUT2D eigenvalue weighted by Gasteiger charge is 2.27. The third-order valence-electron chi connectivity index (χ3n) is 3.29. The molecular weight excluding hydrogens is 236 g/mol. The van der Waals surface area contributed by atoms with Crippen LogP contribution in [0.5, 0.6) is 0 Å². The van der Waals surface area contributed by atoms with E-state index in [4.69, 9.17) is 0 Å². The van der Waals surface area contributed by atoms with E-state index in [9.17, 15) is 8.42 Å². The fourth-order valence-electron chi connectivity index (χ4n) is 2.14. The predicted octanol–water partition coefficient (Wildman–Crippen LogP) is 1.44. The zero-order valence-corrected chi connectivity index (χ0v) is 12.1. The molecule has 0 aromatic carbocycles. The van der Waals surface area contributed by atoms with Crippen LogP contribution < -0.4 is 5.32 Å². The first-order valence-electron chi connectivity index (χ1n) is 6.67. The minimum atomic E-state index is -3.01. The Balaban J connectivity index is 2.41. The van der Waals surface area contributed by atoms with Crippen LogP contribution in [0.25, 0.3) is 0 Å². The summed E-state index contributed by atoms with van der Waals surface area (Å²) < 4.78 is 25.8. The molecule has 0 amide bonds. The minimum Gasteiger partial charge on any atom is -0.314 e. The summed E-state index contributed by atoms with van der Waals surface area (Å²) in [5.74, 6) is 0.750. The summed E-state index contributed by atoms with van der Waals surface area (Å²) >= 11 is 0. The number of piperidine rings is 1. The Kier molecular flexibility index (Phi) is 5.89. The molecule has 0 aliphatic carbocycles. The Morgan fingerprint density at radius 3 is 2.35 bits per heavy atom. The van der Waals surface area contributed by atoms with E-state index in [1.807, 2.05) is 0 Å². The lowest BCUT2D eigenvalue weighted by Gasteiger charge is -2.31. The maximum atomic E-state index is 12.1. The highest BCUT2D eigenvalue weighted by molar-refractivity contribution is 7.89. The average molecular weight is 262 g/mol. The van der Waals surface area contributed by atoms with E-state index < -0.39 is 10.0 Å². The lowest BCUT2D eigenvalue weighted by atomic mass is 10.1. The third kappa shape index (κ3) is 4.94. The van der Waals surface area contributed by atoms with Gasteiger partial charge in [-0.05, 0) is 31.7 Å². The van der Waals surface area contributed by atoms with Crippen LogP contribution in [0, 0.1) is 5.92 Å². The van der Waals surface area contributed by atoms with Crippen molar-refractivity contribution < 1.29 is 8.42 Å². The smallest absolute Gasteiger partial charge is 0.214 e. The second-order valence-corrected chi connectivity index (χ2v) is 7.32. The van der Waals surface area contributed by atoms with E-state index in [1.54, 1.807) is 4.31 Å². The fraction of sp³-hybridized carbons (Fsp3) is 1.00. The second-order valence-electron chi connectivity index (χ2n) is 5.23. The van der Waals surface area contributed by atoms with E-state index >= 15 is 0 Å². The van der Waals surface area contributed by atoms with E-state index in [0.29, 0.717) is 30.8 Å². The summed E-state index contributed by atoms with van der Waals surface area (Å²) in [6, 6.07) is 0.497. The number of nitrogens with zero attached hydrogens (tertiary/aromatic N) is 1. The van der Waals surface area contributed by atoms with Crippen molar-refractivity contribution in [1.29, 1.82) is 0 Å². The molecule has 1 fully saturated rings. The summed E-state index contributed by atoms with van der Waals surface area (Å²) in [7, 11) is -3.01. The number of nitrogens with one attached hydrogen (secondary N) is 1. The molecule has 1 rings (SSSR count). The number of hydrogen-bond donors (Lipinski definition) is 1. The van der Waals surface area contributed by atoms with Crippen molar-refractivity contribution in [2.75, 3.05) is 25.4 Å². The van der Waals surface area contributed by atoms with E-state index in [-0.39, 0.29) is 0 Å². The second kappa shape index (κ2) is 6.71. The molecule has 0 saturated carbocycles. The summed E-state index contributed by atoms with van der Waals surface area (Å²) in [6.45, 7) is 8.53. The lowest BCUT2D eigenvalue weighted by molar-refractivity contribution is 0.291. The largest absolute Gasteiger partial charge is 0.314 e. The Labute approximate surface area is 106 Å². The molecule has 17 heavy (non-hydrogen) atoms. The van der Waals surface area contributed by atoms with Crippen LogP contribution in [0.15, 0.2) is 0 Å². The molecule has 1 aliphatic heterocycles. The van der Waals surface area contributed by atoms with Crippen LogP contribution in [0.3, 0.4) is 0 Å². The van der Waals surface area contributed by atoms with Crippen molar-refractivity contribution in [1.82, 2.24) is 9.62 Å². The number of hydrogen-bond acceptors (Lipinski definition) is 3. The molecule has 5 heteroatoms. The molecule has 0 atom stereocenters. The van der Waals surface area contributed by atoms with E-state index in [0.717, 1.165) is 25.8 Å². The maximum absolute atomic E-state index is 12.1. The summed E-state index contributed by atoms with van der Waals surface area (Å²) in [4.78, 5) is 0. The van der Waals surface area contributed by atoms with Crippen molar-refractivity contribution >= 4 is 10.0 Å². The zero-order valence-electron chi connectivity index (χ0n) is 11.3. The van der Waals surface area contributed by atoms with E-state index in [2.05, 4.69) is 26.1 Å². The standard InChI is InChI=1S/C12H26N2O2S/c1-4-13-12-5-8-14(9-6-12)17(15,16)10-7-11(2)3/h11-13H,4-10H2,1-3H3. The molecular formula is C12H26N2O2S. The van der Waals surface area contributed by atoms with Gasteiger partial charge in [0.15, 0.2) is 0 Å². The fourth-order valence-corrected chi connectivity index (χ4v) is 3.94. The van der Waals surface area contributed by atoms with Gasteiger partial charge in [-0.25, -0.2) is 12.7 Å². The molecule has 0 bridgehead atoms. The van der Waals surface area contributed by atoms with Gasteiger partial charge in [-0.15, -0.1) is 0 Å². The highest BCUT2D eigenvalue weighted by atomic mass is 32.2. The van der Waals surface area contributed by atoms with Crippen LogP contribution in [-0.2, 0) is 10.0 Å². The van der Waals surface area contributed by atoms with Gasteiger partial charge in [0.05, 0.1) is 5.75 Å². The van der Waals surface area contributed by atoms with Gasteiger partial charge in [0.1, 0.15) is 0 Å². The Morgan fingerprint density at radius 2 is 1.88 bits per heavy atom. The quantitative estimate of drug-likeness (QED) is 0.788. The molecule has 1 heterocycles. The summed E-state index contributed by atoms with van der Waals surface area (Å²) in [5.41, 5.74) is 0. The molecule has 1 aliphatic rings. The van der Waals surface area contributed by atoms with Crippen LogP contribution in [0.4, 0.5) is 0 Å².